The number of nitrogens with zero attached hydrogens (tertiary/aromatic N) is 1. The predicted octanol–water partition coefficient (Wildman–Crippen LogP) is 2.75. The molecule has 4 atom stereocenters. The van der Waals surface area contributed by atoms with Crippen molar-refractivity contribution in [1.82, 2.24) is 9.62 Å². The van der Waals surface area contributed by atoms with Gasteiger partial charge in [0, 0.05) is 39.2 Å². The maximum atomic E-state index is 13.6. The Balaban J connectivity index is 1.79. The van der Waals surface area contributed by atoms with Crippen molar-refractivity contribution in [3.05, 3.63) is 60.2 Å². The maximum Gasteiger partial charge on any atom is 0.407 e. The number of alkyl carbamates (subject to hydrolysis) is 1. The number of methoxy groups -OCH3 is 1. The molecule has 1 fully saturated rings. The van der Waals surface area contributed by atoms with Gasteiger partial charge in [-0.3, -0.25) is 4.79 Å². The molecular weight excluding hydrogens is 538 g/mol. The highest BCUT2D eigenvalue weighted by Crippen LogP contribution is 2.22. The first-order chi connectivity index (χ1) is 19.0. The zero-order chi connectivity index (χ0) is 29.3. The Hall–Kier alpha value is -3.03. The van der Waals surface area contributed by atoms with Gasteiger partial charge in [-0.2, -0.15) is 4.31 Å². The number of hydrogen-bond acceptors (Lipinski definition) is 8. The van der Waals surface area contributed by atoms with Gasteiger partial charge < -0.3 is 30.0 Å². The monoisotopic (exact) mass is 577 g/mol. The van der Waals surface area contributed by atoms with E-state index in [4.69, 9.17) is 14.2 Å². The van der Waals surface area contributed by atoms with Gasteiger partial charge in [0.25, 0.3) is 0 Å². The fourth-order valence-electron chi connectivity index (χ4n) is 4.38. The van der Waals surface area contributed by atoms with E-state index in [1.54, 1.807) is 0 Å². The number of carbonyl (C=O) groups excluding carboxylic acids is 2. The van der Waals surface area contributed by atoms with Crippen LogP contribution in [0.3, 0.4) is 0 Å². The van der Waals surface area contributed by atoms with Crippen molar-refractivity contribution >= 4 is 27.7 Å². The first-order valence-electron chi connectivity index (χ1n) is 13.2. The van der Waals surface area contributed by atoms with Crippen molar-refractivity contribution in [2.24, 2.45) is 5.92 Å². The van der Waals surface area contributed by atoms with Crippen molar-refractivity contribution in [2.45, 2.75) is 63.0 Å². The van der Waals surface area contributed by atoms with Gasteiger partial charge in [0.05, 0.1) is 23.6 Å². The number of benzene rings is 2. The van der Waals surface area contributed by atoms with Crippen molar-refractivity contribution in [3.8, 4) is 0 Å². The Morgan fingerprint density at radius 3 is 2.35 bits per heavy atom. The number of hydrogen-bond donors (Lipinski definition) is 3. The van der Waals surface area contributed by atoms with E-state index in [2.05, 4.69) is 10.6 Å². The second-order valence-electron chi connectivity index (χ2n) is 10.2. The molecule has 3 N–H and O–H groups in total. The standard InChI is InChI=1S/C28H39N3O8S/c1-19(2)16-31(40(35,36)24-12-10-22(11-13-24)29-20(3)32)17-26(33)25(14-21-8-6-5-7-9-21)30-28(34)39-23-15-27(37-4)38-18-23/h5-13,19,23,25-27,33H,14-18H2,1-4H3,(H,29,32)(H,30,34)/t23-,25+,26?,27-/m1/s1. The van der Waals surface area contributed by atoms with E-state index in [0.29, 0.717) is 12.1 Å². The molecule has 2 aromatic carbocycles. The lowest BCUT2D eigenvalue weighted by atomic mass is 10.0. The lowest BCUT2D eigenvalue weighted by molar-refractivity contribution is -0.114. The van der Waals surface area contributed by atoms with Crippen LogP contribution in [0.5, 0.6) is 0 Å². The summed E-state index contributed by atoms with van der Waals surface area (Å²) < 4.78 is 44.5. The molecular formula is C28H39N3O8S. The second kappa shape index (κ2) is 14.6. The summed E-state index contributed by atoms with van der Waals surface area (Å²) in [6.45, 7) is 5.20. The molecule has 1 aliphatic heterocycles. The van der Waals surface area contributed by atoms with Crippen LogP contribution in [0.15, 0.2) is 59.5 Å². The molecule has 1 heterocycles. The van der Waals surface area contributed by atoms with E-state index in [1.165, 1.54) is 42.6 Å². The average Bonchev–Trinajstić information content (AvgIpc) is 3.35. The van der Waals surface area contributed by atoms with E-state index in [0.717, 1.165) is 5.56 Å². The van der Waals surface area contributed by atoms with Crippen molar-refractivity contribution in [3.63, 3.8) is 0 Å². The molecule has 0 aromatic heterocycles. The highest BCUT2D eigenvalue weighted by atomic mass is 32.2. The minimum atomic E-state index is -4.01. The van der Waals surface area contributed by atoms with Gasteiger partial charge >= 0.3 is 6.09 Å². The van der Waals surface area contributed by atoms with Gasteiger partial charge in [-0.15, -0.1) is 0 Å². The maximum absolute atomic E-state index is 13.6. The molecule has 12 heteroatoms. The summed E-state index contributed by atoms with van der Waals surface area (Å²) in [5.41, 5.74) is 1.32. The first kappa shape index (κ1) is 31.5. The smallest absolute Gasteiger partial charge is 0.407 e. The zero-order valence-corrected chi connectivity index (χ0v) is 24.1. The number of aliphatic hydroxyl groups excluding tert-OH is 1. The van der Waals surface area contributed by atoms with Gasteiger partial charge in [0.15, 0.2) is 6.29 Å². The van der Waals surface area contributed by atoms with Crippen molar-refractivity contribution < 1.29 is 37.3 Å². The fraction of sp³-hybridized carbons (Fsp3) is 0.500. The summed E-state index contributed by atoms with van der Waals surface area (Å²) >= 11 is 0. The molecule has 2 aromatic rings. The molecule has 0 bridgehead atoms. The van der Waals surface area contributed by atoms with Crippen molar-refractivity contribution in [2.75, 3.05) is 32.1 Å². The molecule has 2 amide bonds. The lowest BCUT2D eigenvalue weighted by Crippen LogP contribution is -2.51. The molecule has 1 saturated heterocycles. The normalized spacial score (nSPS) is 18.9. The SMILES string of the molecule is CO[C@H]1C[C@@H](OC(=O)N[C@@H](Cc2ccccc2)C(O)CN(CC(C)C)S(=O)(=O)c2ccc(NC(C)=O)cc2)CO1. The molecule has 0 radical (unpaired) electrons. The van der Waals surface area contributed by atoms with E-state index < -0.39 is 40.7 Å². The Morgan fingerprint density at radius 2 is 1.77 bits per heavy atom. The van der Waals surface area contributed by atoms with Crippen LogP contribution in [0.4, 0.5) is 10.5 Å². The molecule has 1 aliphatic rings. The van der Waals surface area contributed by atoms with Crippen LogP contribution in [0, 0.1) is 5.92 Å². The third-order valence-electron chi connectivity index (χ3n) is 6.30. The molecule has 0 spiro atoms. The number of carbonyl (C=O) groups is 2. The van der Waals surface area contributed by atoms with Crippen LogP contribution in [-0.4, -0.2) is 81.2 Å². The van der Waals surface area contributed by atoms with Gasteiger partial charge in [0.2, 0.25) is 15.9 Å². The minimum absolute atomic E-state index is 0.0235. The molecule has 0 aliphatic carbocycles. The number of anilines is 1. The third kappa shape index (κ3) is 9.27. The van der Waals surface area contributed by atoms with E-state index in [9.17, 15) is 23.1 Å². The summed E-state index contributed by atoms with van der Waals surface area (Å²) in [4.78, 5) is 24.1. The average molecular weight is 578 g/mol. The van der Waals surface area contributed by atoms with Crippen LogP contribution in [0.25, 0.3) is 0 Å². The van der Waals surface area contributed by atoms with E-state index in [-0.39, 0.29) is 42.8 Å². The number of sulfonamides is 1. The minimum Gasteiger partial charge on any atom is -0.444 e. The van der Waals surface area contributed by atoms with Crippen LogP contribution in [-0.2, 0) is 35.4 Å². The number of amides is 2. The summed E-state index contributed by atoms with van der Waals surface area (Å²) in [6, 6.07) is 14.3. The Labute approximate surface area is 235 Å². The van der Waals surface area contributed by atoms with Gasteiger partial charge in [-0.25, -0.2) is 13.2 Å². The summed E-state index contributed by atoms with van der Waals surface area (Å²) in [5, 5.41) is 16.7. The largest absolute Gasteiger partial charge is 0.444 e. The highest BCUT2D eigenvalue weighted by molar-refractivity contribution is 7.89. The van der Waals surface area contributed by atoms with E-state index in [1.807, 2.05) is 44.2 Å². The Bertz CT molecular complexity index is 1210. The third-order valence-corrected chi connectivity index (χ3v) is 8.14. The molecule has 1 unspecified atom stereocenters. The number of ether oxygens (including phenoxy) is 3. The van der Waals surface area contributed by atoms with Crippen molar-refractivity contribution in [1.29, 1.82) is 0 Å². The summed E-state index contributed by atoms with van der Waals surface area (Å²) in [7, 11) is -2.51. The van der Waals surface area contributed by atoms with Crippen LogP contribution in [0.1, 0.15) is 32.8 Å². The van der Waals surface area contributed by atoms with Crippen LogP contribution < -0.4 is 10.6 Å². The number of aliphatic hydroxyl groups is 1. The molecule has 3 rings (SSSR count). The first-order valence-corrected chi connectivity index (χ1v) is 14.6. The number of rotatable bonds is 13. The highest BCUT2D eigenvalue weighted by Gasteiger charge is 2.33. The van der Waals surface area contributed by atoms with Gasteiger partial charge in [-0.05, 0) is 42.2 Å². The van der Waals surface area contributed by atoms with E-state index >= 15 is 0 Å². The predicted molar refractivity (Wildman–Crippen MR) is 149 cm³/mol. The van der Waals surface area contributed by atoms with Gasteiger partial charge in [-0.1, -0.05) is 44.2 Å². The molecule has 0 saturated carbocycles. The second-order valence-corrected chi connectivity index (χ2v) is 12.1. The summed E-state index contributed by atoms with van der Waals surface area (Å²) in [5.74, 6) is -0.308. The summed E-state index contributed by atoms with van der Waals surface area (Å²) in [6.07, 6.45) is -2.32. The topological polar surface area (TPSA) is 143 Å². The lowest BCUT2D eigenvalue weighted by Gasteiger charge is -2.30. The van der Waals surface area contributed by atoms with Crippen LogP contribution >= 0.6 is 0 Å². The molecule has 11 nitrogen and oxygen atoms in total. The molecule has 40 heavy (non-hydrogen) atoms. The Kier molecular flexibility index (Phi) is 11.5. The fourth-order valence-corrected chi connectivity index (χ4v) is 6.00. The zero-order valence-electron chi connectivity index (χ0n) is 23.3. The number of nitrogens with one attached hydrogen (secondary N) is 2. The quantitative estimate of drug-likeness (QED) is 0.330. The van der Waals surface area contributed by atoms with Crippen LogP contribution in [0.2, 0.25) is 0 Å². The molecule has 220 valence electrons. The Morgan fingerprint density at radius 1 is 1.10 bits per heavy atom. The van der Waals surface area contributed by atoms with Gasteiger partial charge in [0.1, 0.15) is 6.10 Å².